The highest BCUT2D eigenvalue weighted by Gasteiger charge is 2.12. The molecule has 0 aliphatic heterocycles. The average molecular weight is 331 g/mol. The molecule has 0 atom stereocenters. The van der Waals surface area contributed by atoms with Crippen molar-refractivity contribution in [1.82, 2.24) is 10.6 Å². The first kappa shape index (κ1) is 15.6. The van der Waals surface area contributed by atoms with Crippen LogP contribution in [0.25, 0.3) is 0 Å². The Kier molecular flexibility index (Phi) is 5.95. The fourth-order valence-corrected chi connectivity index (χ4v) is 1.78. The van der Waals surface area contributed by atoms with E-state index in [1.165, 1.54) is 18.2 Å². The van der Waals surface area contributed by atoms with Gasteiger partial charge in [-0.2, -0.15) is 0 Å². The second-order valence-electron chi connectivity index (χ2n) is 4.30. The van der Waals surface area contributed by atoms with Gasteiger partial charge >= 0.3 is 0 Å². The Labute approximate surface area is 119 Å². The van der Waals surface area contributed by atoms with Crippen LogP contribution >= 0.6 is 15.9 Å². The van der Waals surface area contributed by atoms with Crippen LogP contribution in [0.15, 0.2) is 22.7 Å². The molecule has 1 aromatic carbocycles. The van der Waals surface area contributed by atoms with Gasteiger partial charge in [0.15, 0.2) is 0 Å². The van der Waals surface area contributed by atoms with Gasteiger partial charge in [0.2, 0.25) is 5.91 Å². The first-order valence-electron chi connectivity index (χ1n) is 5.93. The van der Waals surface area contributed by atoms with Crippen molar-refractivity contribution in [2.24, 2.45) is 5.92 Å². The summed E-state index contributed by atoms with van der Waals surface area (Å²) in [6.07, 6.45) is 0. The fourth-order valence-electron chi connectivity index (χ4n) is 1.34. The van der Waals surface area contributed by atoms with E-state index in [1.807, 2.05) is 0 Å². The molecule has 0 fully saturated rings. The molecular formula is C13H16BrFN2O2. The first-order chi connectivity index (χ1) is 8.93. The van der Waals surface area contributed by atoms with E-state index < -0.39 is 5.82 Å². The van der Waals surface area contributed by atoms with Crippen molar-refractivity contribution in [3.8, 4) is 0 Å². The molecule has 2 amide bonds. The Morgan fingerprint density at radius 3 is 2.53 bits per heavy atom. The summed E-state index contributed by atoms with van der Waals surface area (Å²) in [5, 5.41) is 5.29. The first-order valence-corrected chi connectivity index (χ1v) is 6.72. The summed E-state index contributed by atoms with van der Waals surface area (Å²) in [5.41, 5.74) is 0.232. The second-order valence-corrected chi connectivity index (χ2v) is 5.10. The van der Waals surface area contributed by atoms with E-state index in [2.05, 4.69) is 26.6 Å². The summed E-state index contributed by atoms with van der Waals surface area (Å²) in [5.74, 6) is -1.03. The zero-order valence-electron chi connectivity index (χ0n) is 10.8. The molecule has 0 aliphatic rings. The normalized spacial score (nSPS) is 10.4. The van der Waals surface area contributed by atoms with Crippen LogP contribution in [0.1, 0.15) is 24.2 Å². The van der Waals surface area contributed by atoms with Gasteiger partial charge in [-0.3, -0.25) is 9.59 Å². The number of benzene rings is 1. The topological polar surface area (TPSA) is 58.2 Å². The number of carbonyl (C=O) groups is 2. The van der Waals surface area contributed by atoms with Crippen molar-refractivity contribution in [2.75, 3.05) is 13.1 Å². The van der Waals surface area contributed by atoms with E-state index in [4.69, 9.17) is 0 Å². The number of halogens is 2. The van der Waals surface area contributed by atoms with Crippen LogP contribution in [0.4, 0.5) is 4.39 Å². The van der Waals surface area contributed by atoms with Crippen molar-refractivity contribution >= 4 is 27.7 Å². The highest BCUT2D eigenvalue weighted by Crippen LogP contribution is 2.19. The Morgan fingerprint density at radius 1 is 1.26 bits per heavy atom. The van der Waals surface area contributed by atoms with E-state index in [9.17, 15) is 14.0 Å². The standard InChI is InChI=1S/C13H16BrFN2O2/c1-8(2)12(18)16-6-7-17-13(19)9-4-3-5-10(15)11(9)14/h3-5,8H,6-7H2,1-2H3,(H,16,18)(H,17,19). The largest absolute Gasteiger partial charge is 0.354 e. The summed E-state index contributed by atoms with van der Waals surface area (Å²) >= 11 is 3.03. The molecule has 2 N–H and O–H groups in total. The number of amides is 2. The molecule has 0 radical (unpaired) electrons. The Balaban J connectivity index is 2.44. The van der Waals surface area contributed by atoms with E-state index in [1.54, 1.807) is 13.8 Å². The molecule has 0 aliphatic carbocycles. The van der Waals surface area contributed by atoms with Crippen molar-refractivity contribution in [3.05, 3.63) is 34.1 Å². The third-order valence-corrected chi connectivity index (χ3v) is 3.24. The quantitative estimate of drug-likeness (QED) is 0.812. The van der Waals surface area contributed by atoms with E-state index in [-0.39, 0.29) is 27.8 Å². The molecule has 6 heteroatoms. The molecule has 4 nitrogen and oxygen atoms in total. The minimum absolute atomic E-state index is 0.0683. The SMILES string of the molecule is CC(C)C(=O)NCCNC(=O)c1cccc(F)c1Br. The minimum atomic E-state index is -0.485. The van der Waals surface area contributed by atoms with Gasteiger partial charge in [0.05, 0.1) is 10.0 Å². The van der Waals surface area contributed by atoms with Crippen LogP contribution in [0.5, 0.6) is 0 Å². The Morgan fingerprint density at radius 2 is 1.89 bits per heavy atom. The van der Waals surface area contributed by atoms with Crippen molar-refractivity contribution < 1.29 is 14.0 Å². The number of rotatable bonds is 5. The number of hydrogen-bond acceptors (Lipinski definition) is 2. The van der Waals surface area contributed by atoms with Gasteiger partial charge in [0.1, 0.15) is 5.82 Å². The van der Waals surface area contributed by atoms with Crippen LogP contribution in [0, 0.1) is 11.7 Å². The molecule has 0 bridgehead atoms. The maximum absolute atomic E-state index is 13.2. The molecule has 0 heterocycles. The summed E-state index contributed by atoms with van der Waals surface area (Å²) in [7, 11) is 0. The molecule has 0 saturated carbocycles. The van der Waals surface area contributed by atoms with Gasteiger partial charge in [0.25, 0.3) is 5.91 Å². The zero-order chi connectivity index (χ0) is 14.4. The van der Waals surface area contributed by atoms with Gasteiger partial charge in [-0.1, -0.05) is 19.9 Å². The molecule has 1 aromatic rings. The third-order valence-electron chi connectivity index (χ3n) is 2.43. The van der Waals surface area contributed by atoms with Crippen LogP contribution in [-0.4, -0.2) is 24.9 Å². The van der Waals surface area contributed by atoms with Gasteiger partial charge in [-0.25, -0.2) is 4.39 Å². The van der Waals surface area contributed by atoms with Gasteiger partial charge in [-0.15, -0.1) is 0 Å². The third kappa shape index (κ3) is 4.63. The second kappa shape index (κ2) is 7.23. The zero-order valence-corrected chi connectivity index (χ0v) is 12.4. The van der Waals surface area contributed by atoms with Crippen LogP contribution in [-0.2, 0) is 4.79 Å². The molecule has 104 valence electrons. The van der Waals surface area contributed by atoms with Gasteiger partial charge in [0, 0.05) is 19.0 Å². The van der Waals surface area contributed by atoms with Gasteiger partial charge < -0.3 is 10.6 Å². The predicted octanol–water partition coefficient (Wildman–Crippen LogP) is 2.09. The van der Waals surface area contributed by atoms with Crippen LogP contribution in [0.2, 0.25) is 0 Å². The average Bonchev–Trinajstić information content (AvgIpc) is 2.37. The minimum Gasteiger partial charge on any atom is -0.354 e. The molecule has 0 unspecified atom stereocenters. The van der Waals surface area contributed by atoms with E-state index in [0.29, 0.717) is 13.1 Å². The molecule has 19 heavy (non-hydrogen) atoms. The Hall–Kier alpha value is -1.43. The maximum atomic E-state index is 13.2. The van der Waals surface area contributed by atoms with E-state index in [0.717, 1.165) is 0 Å². The summed E-state index contributed by atoms with van der Waals surface area (Å²) in [4.78, 5) is 23.1. The molecule has 1 rings (SSSR count). The van der Waals surface area contributed by atoms with Crippen LogP contribution < -0.4 is 10.6 Å². The molecule has 0 aromatic heterocycles. The van der Waals surface area contributed by atoms with Gasteiger partial charge in [-0.05, 0) is 28.1 Å². The van der Waals surface area contributed by atoms with Crippen molar-refractivity contribution in [1.29, 1.82) is 0 Å². The highest BCUT2D eigenvalue weighted by molar-refractivity contribution is 9.10. The lowest BCUT2D eigenvalue weighted by Gasteiger charge is -2.09. The monoisotopic (exact) mass is 330 g/mol. The molecular weight excluding hydrogens is 315 g/mol. The van der Waals surface area contributed by atoms with Crippen LogP contribution in [0.3, 0.4) is 0 Å². The highest BCUT2D eigenvalue weighted by atomic mass is 79.9. The molecule has 0 spiro atoms. The van der Waals surface area contributed by atoms with Crippen molar-refractivity contribution in [3.63, 3.8) is 0 Å². The molecule has 0 saturated heterocycles. The summed E-state index contributed by atoms with van der Waals surface area (Å²) in [6.45, 7) is 4.21. The van der Waals surface area contributed by atoms with Crippen molar-refractivity contribution in [2.45, 2.75) is 13.8 Å². The lowest BCUT2D eigenvalue weighted by molar-refractivity contribution is -0.123. The lowest BCUT2D eigenvalue weighted by Crippen LogP contribution is -2.36. The fraction of sp³-hybridized carbons (Fsp3) is 0.385. The predicted molar refractivity (Wildman–Crippen MR) is 74.3 cm³/mol. The Bertz CT molecular complexity index is 478. The smallest absolute Gasteiger partial charge is 0.252 e. The van der Waals surface area contributed by atoms with E-state index >= 15 is 0 Å². The number of hydrogen-bond donors (Lipinski definition) is 2. The maximum Gasteiger partial charge on any atom is 0.252 e. The summed E-state index contributed by atoms with van der Waals surface area (Å²) < 4.78 is 13.4. The number of carbonyl (C=O) groups excluding carboxylic acids is 2. The number of nitrogens with one attached hydrogen (secondary N) is 2. The summed E-state index contributed by atoms with van der Waals surface area (Å²) in [6, 6.07) is 4.26. The lowest BCUT2D eigenvalue weighted by atomic mass is 10.2.